The molecule has 118 valence electrons. The van der Waals surface area contributed by atoms with Crippen molar-refractivity contribution in [2.45, 2.75) is 46.6 Å². The van der Waals surface area contributed by atoms with Crippen LogP contribution in [0.2, 0.25) is 0 Å². The Balaban J connectivity index is 2.78. The third-order valence-corrected chi connectivity index (χ3v) is 3.25. The van der Waals surface area contributed by atoms with Gasteiger partial charge >= 0.3 is 5.97 Å². The van der Waals surface area contributed by atoms with Gasteiger partial charge < -0.3 is 15.0 Å². The summed E-state index contributed by atoms with van der Waals surface area (Å²) >= 11 is 0. The lowest BCUT2D eigenvalue weighted by molar-refractivity contribution is -0.138. The Hall–Kier alpha value is -1.85. The number of hydrogen-bond donors (Lipinski definition) is 2. The van der Waals surface area contributed by atoms with Crippen LogP contribution < -0.4 is 10.9 Å². The molecule has 0 saturated carbocycles. The first-order chi connectivity index (χ1) is 9.81. The summed E-state index contributed by atoms with van der Waals surface area (Å²) in [5, 5.41) is 12.0. The molecule has 0 fully saturated rings. The molecular weight excluding hydrogens is 270 g/mol. The molecule has 0 amide bonds. The van der Waals surface area contributed by atoms with Crippen LogP contribution in [0.4, 0.5) is 5.82 Å². The molecule has 0 aliphatic rings. The molecule has 6 heteroatoms. The van der Waals surface area contributed by atoms with E-state index < -0.39 is 5.97 Å². The molecule has 0 radical (unpaired) electrons. The summed E-state index contributed by atoms with van der Waals surface area (Å²) in [6, 6.07) is 0.0616. The van der Waals surface area contributed by atoms with Gasteiger partial charge in [-0.25, -0.2) is 4.98 Å². The smallest absolute Gasteiger partial charge is 0.303 e. The van der Waals surface area contributed by atoms with Crippen LogP contribution in [0.3, 0.4) is 0 Å². The second kappa shape index (κ2) is 7.81. The maximum absolute atomic E-state index is 12.2. The fourth-order valence-electron chi connectivity index (χ4n) is 2.35. The minimum Gasteiger partial charge on any atom is -0.481 e. The van der Waals surface area contributed by atoms with Crippen LogP contribution in [0, 0.1) is 11.8 Å². The highest BCUT2D eigenvalue weighted by molar-refractivity contribution is 5.67. The number of carboxylic acid groups (broad SMARTS) is 1. The third-order valence-electron chi connectivity index (χ3n) is 3.25. The van der Waals surface area contributed by atoms with E-state index in [1.807, 2.05) is 13.8 Å². The molecule has 0 saturated heterocycles. The van der Waals surface area contributed by atoms with Gasteiger partial charge in [0, 0.05) is 31.4 Å². The number of nitrogens with one attached hydrogen (secondary N) is 1. The highest BCUT2D eigenvalue weighted by atomic mass is 16.4. The van der Waals surface area contributed by atoms with Crippen molar-refractivity contribution in [3.63, 3.8) is 0 Å². The van der Waals surface area contributed by atoms with Gasteiger partial charge in [0.15, 0.2) is 5.82 Å². The number of nitrogens with zero attached hydrogens (tertiary/aromatic N) is 2. The van der Waals surface area contributed by atoms with Crippen molar-refractivity contribution in [2.24, 2.45) is 11.8 Å². The fourth-order valence-corrected chi connectivity index (χ4v) is 2.35. The number of anilines is 1. The molecule has 1 atom stereocenters. The van der Waals surface area contributed by atoms with E-state index in [2.05, 4.69) is 24.1 Å². The van der Waals surface area contributed by atoms with Crippen molar-refractivity contribution >= 4 is 11.8 Å². The van der Waals surface area contributed by atoms with Gasteiger partial charge in [-0.15, -0.1) is 0 Å². The van der Waals surface area contributed by atoms with Gasteiger partial charge in [-0.1, -0.05) is 13.8 Å². The zero-order valence-electron chi connectivity index (χ0n) is 13.2. The van der Waals surface area contributed by atoms with Crippen molar-refractivity contribution in [3.8, 4) is 0 Å². The molecule has 2 N–H and O–H groups in total. The minimum absolute atomic E-state index is 0.0172. The molecule has 1 rings (SSSR count). The normalized spacial score (nSPS) is 12.7. The molecule has 0 spiro atoms. The van der Waals surface area contributed by atoms with Gasteiger partial charge in [0.25, 0.3) is 5.56 Å². The Morgan fingerprint density at radius 3 is 2.57 bits per heavy atom. The molecule has 0 aliphatic heterocycles. The summed E-state index contributed by atoms with van der Waals surface area (Å²) in [6.45, 7) is 8.41. The number of hydrogen-bond acceptors (Lipinski definition) is 4. The number of rotatable bonds is 8. The standard InChI is InChI=1S/C15H25N3O3/c1-10(2)7-12(8-13(19)20)9-17-14-15(21)18(11(3)4)6-5-16-14/h5-6,10-12H,7-9H2,1-4H3,(H,16,17)(H,19,20). The number of aliphatic carboxylic acids is 1. The zero-order chi connectivity index (χ0) is 16.0. The second-order valence-electron chi connectivity index (χ2n) is 6.06. The molecule has 1 aromatic rings. The average molecular weight is 295 g/mol. The van der Waals surface area contributed by atoms with Crippen LogP contribution in [0.1, 0.15) is 46.6 Å². The van der Waals surface area contributed by atoms with E-state index in [0.29, 0.717) is 12.5 Å². The molecule has 6 nitrogen and oxygen atoms in total. The molecule has 1 aromatic heterocycles. The van der Waals surface area contributed by atoms with Crippen molar-refractivity contribution < 1.29 is 9.90 Å². The summed E-state index contributed by atoms with van der Waals surface area (Å²) in [7, 11) is 0. The highest BCUT2D eigenvalue weighted by Gasteiger charge is 2.16. The minimum atomic E-state index is -0.817. The average Bonchev–Trinajstić information content (AvgIpc) is 2.35. The molecule has 21 heavy (non-hydrogen) atoms. The van der Waals surface area contributed by atoms with E-state index in [9.17, 15) is 9.59 Å². The summed E-state index contributed by atoms with van der Waals surface area (Å²) < 4.78 is 1.60. The van der Waals surface area contributed by atoms with Gasteiger partial charge in [-0.3, -0.25) is 9.59 Å². The number of carbonyl (C=O) groups is 1. The molecule has 0 aliphatic carbocycles. The second-order valence-corrected chi connectivity index (χ2v) is 6.06. The maximum atomic E-state index is 12.2. The van der Waals surface area contributed by atoms with Gasteiger partial charge in [-0.05, 0) is 32.1 Å². The molecule has 1 heterocycles. The summed E-state index contributed by atoms with van der Waals surface area (Å²) in [6.07, 6.45) is 4.13. The van der Waals surface area contributed by atoms with Crippen LogP contribution in [0.25, 0.3) is 0 Å². The molecular formula is C15H25N3O3. The van der Waals surface area contributed by atoms with Crippen LogP contribution in [0.5, 0.6) is 0 Å². The SMILES string of the molecule is CC(C)CC(CNc1nccn(C(C)C)c1=O)CC(=O)O. The van der Waals surface area contributed by atoms with Crippen LogP contribution >= 0.6 is 0 Å². The molecule has 1 unspecified atom stereocenters. The van der Waals surface area contributed by atoms with Crippen LogP contribution in [-0.2, 0) is 4.79 Å². The Bertz CT molecular complexity index is 523. The van der Waals surface area contributed by atoms with Crippen LogP contribution in [-0.4, -0.2) is 27.2 Å². The van der Waals surface area contributed by atoms with E-state index in [4.69, 9.17) is 5.11 Å². The molecule has 0 aromatic carbocycles. The monoisotopic (exact) mass is 295 g/mol. The van der Waals surface area contributed by atoms with E-state index in [-0.39, 0.29) is 29.8 Å². The topological polar surface area (TPSA) is 84.2 Å². The lowest BCUT2D eigenvalue weighted by Crippen LogP contribution is -2.28. The predicted molar refractivity (Wildman–Crippen MR) is 82.6 cm³/mol. The van der Waals surface area contributed by atoms with E-state index in [1.165, 1.54) is 0 Å². The first-order valence-corrected chi connectivity index (χ1v) is 7.34. The first-order valence-electron chi connectivity index (χ1n) is 7.34. The first kappa shape index (κ1) is 17.2. The van der Waals surface area contributed by atoms with Gasteiger partial charge in [0.2, 0.25) is 0 Å². The summed E-state index contributed by atoms with van der Waals surface area (Å²) in [5.41, 5.74) is -0.175. The van der Waals surface area contributed by atoms with E-state index in [1.54, 1.807) is 17.0 Å². The largest absolute Gasteiger partial charge is 0.481 e. The van der Waals surface area contributed by atoms with E-state index in [0.717, 1.165) is 6.42 Å². The van der Waals surface area contributed by atoms with Gasteiger partial charge in [-0.2, -0.15) is 0 Å². The number of aromatic nitrogens is 2. The Labute approximate surface area is 125 Å². The number of carboxylic acids is 1. The van der Waals surface area contributed by atoms with Gasteiger partial charge in [0.1, 0.15) is 0 Å². The van der Waals surface area contributed by atoms with Crippen molar-refractivity contribution in [1.29, 1.82) is 0 Å². The fraction of sp³-hybridized carbons (Fsp3) is 0.667. The Kier molecular flexibility index (Phi) is 6.39. The van der Waals surface area contributed by atoms with Gasteiger partial charge in [0.05, 0.1) is 0 Å². The lowest BCUT2D eigenvalue weighted by Gasteiger charge is -2.18. The zero-order valence-corrected chi connectivity index (χ0v) is 13.2. The van der Waals surface area contributed by atoms with E-state index >= 15 is 0 Å². The quantitative estimate of drug-likeness (QED) is 0.769. The van der Waals surface area contributed by atoms with Crippen molar-refractivity contribution in [2.75, 3.05) is 11.9 Å². The Morgan fingerprint density at radius 1 is 1.38 bits per heavy atom. The van der Waals surface area contributed by atoms with Crippen molar-refractivity contribution in [1.82, 2.24) is 9.55 Å². The lowest BCUT2D eigenvalue weighted by atomic mass is 9.94. The summed E-state index contributed by atoms with van der Waals surface area (Å²) in [4.78, 5) is 27.2. The predicted octanol–water partition coefficient (Wildman–Crippen LogP) is 2.37. The highest BCUT2D eigenvalue weighted by Crippen LogP contribution is 2.16. The van der Waals surface area contributed by atoms with Crippen LogP contribution in [0.15, 0.2) is 17.2 Å². The Morgan fingerprint density at radius 2 is 2.05 bits per heavy atom. The maximum Gasteiger partial charge on any atom is 0.303 e. The van der Waals surface area contributed by atoms with Crippen molar-refractivity contribution in [3.05, 3.63) is 22.7 Å². The molecule has 0 bridgehead atoms. The third kappa shape index (κ3) is 5.57. The summed E-state index contributed by atoms with van der Waals surface area (Å²) in [5.74, 6) is -0.142.